The van der Waals surface area contributed by atoms with Crippen molar-refractivity contribution in [3.05, 3.63) is 93.4 Å². The number of ether oxygens (including phenoxy) is 1. The Labute approximate surface area is 218 Å². The van der Waals surface area contributed by atoms with E-state index in [0.717, 1.165) is 42.0 Å². The minimum atomic E-state index is -4.62. The van der Waals surface area contributed by atoms with Gasteiger partial charge in [0.25, 0.3) is 11.5 Å². The Morgan fingerprint density at radius 1 is 1.03 bits per heavy atom. The number of halogens is 5. The third-order valence-electron chi connectivity index (χ3n) is 6.92. The fraction of sp³-hybridized carbons (Fsp3) is 0.296. The molecule has 2 fully saturated rings. The number of nitrogens with zero attached hydrogens (tertiary/aromatic N) is 2. The summed E-state index contributed by atoms with van der Waals surface area (Å²) >= 11 is 0. The Kier molecular flexibility index (Phi) is 6.65. The van der Waals surface area contributed by atoms with E-state index in [9.17, 15) is 27.6 Å². The third kappa shape index (κ3) is 4.98. The van der Waals surface area contributed by atoms with Crippen LogP contribution in [0.1, 0.15) is 46.3 Å². The molecular formula is C27H22F5N3O4. The number of carbonyl (C=O) groups excluding carboxylic acids is 2. The van der Waals surface area contributed by atoms with E-state index in [0.29, 0.717) is 12.1 Å². The van der Waals surface area contributed by atoms with Gasteiger partial charge in [-0.05, 0) is 49.2 Å². The van der Waals surface area contributed by atoms with E-state index >= 15 is 8.78 Å². The summed E-state index contributed by atoms with van der Waals surface area (Å²) in [4.78, 5) is 40.8. The highest BCUT2D eigenvalue weighted by molar-refractivity contribution is 6.05. The van der Waals surface area contributed by atoms with Crippen molar-refractivity contribution in [1.82, 2.24) is 9.88 Å². The highest BCUT2D eigenvalue weighted by Gasteiger charge is 2.46. The third-order valence-corrected chi connectivity index (χ3v) is 6.92. The van der Waals surface area contributed by atoms with Gasteiger partial charge in [0.2, 0.25) is 5.91 Å². The molecule has 0 radical (unpaired) electrons. The Morgan fingerprint density at radius 3 is 2.23 bits per heavy atom. The molecule has 2 atom stereocenters. The van der Waals surface area contributed by atoms with Crippen molar-refractivity contribution in [2.24, 2.45) is 0 Å². The van der Waals surface area contributed by atoms with Gasteiger partial charge in [0.1, 0.15) is 29.1 Å². The average Bonchev–Trinajstić information content (AvgIpc) is 3.69. The van der Waals surface area contributed by atoms with Crippen molar-refractivity contribution in [1.29, 1.82) is 0 Å². The summed E-state index contributed by atoms with van der Waals surface area (Å²) in [5, 5.41) is 2.42. The average molecular weight is 547 g/mol. The van der Waals surface area contributed by atoms with Gasteiger partial charge in [0.05, 0.1) is 12.7 Å². The molecule has 7 nitrogen and oxygen atoms in total. The summed E-state index contributed by atoms with van der Waals surface area (Å²) < 4.78 is 75.4. The van der Waals surface area contributed by atoms with Crippen LogP contribution in [0.4, 0.5) is 27.6 Å². The number of hydrogen-bond acceptors (Lipinski definition) is 4. The van der Waals surface area contributed by atoms with Crippen LogP contribution in [0, 0.1) is 11.6 Å². The molecule has 2 aromatic carbocycles. The Hall–Kier alpha value is -4.22. The predicted octanol–water partition coefficient (Wildman–Crippen LogP) is 4.42. The van der Waals surface area contributed by atoms with Gasteiger partial charge in [-0.3, -0.25) is 14.4 Å². The van der Waals surface area contributed by atoms with E-state index in [2.05, 4.69) is 5.32 Å². The first-order valence-electron chi connectivity index (χ1n) is 12.0. The first-order valence-corrected chi connectivity index (χ1v) is 12.0. The molecule has 39 heavy (non-hydrogen) atoms. The Balaban J connectivity index is 1.52. The fourth-order valence-corrected chi connectivity index (χ4v) is 4.78. The minimum Gasteiger partial charge on any atom is -0.497 e. The lowest BCUT2D eigenvalue weighted by molar-refractivity contribution is -0.137. The Morgan fingerprint density at radius 2 is 1.67 bits per heavy atom. The number of nitrogens with one attached hydrogen (secondary N) is 1. The number of benzene rings is 2. The molecular weight excluding hydrogens is 525 g/mol. The number of amides is 2. The van der Waals surface area contributed by atoms with Crippen molar-refractivity contribution in [3.63, 3.8) is 0 Å². The summed E-state index contributed by atoms with van der Waals surface area (Å²) in [6, 6.07) is 6.63. The second-order valence-corrected chi connectivity index (χ2v) is 9.42. The van der Waals surface area contributed by atoms with Gasteiger partial charge >= 0.3 is 6.18 Å². The van der Waals surface area contributed by atoms with Gasteiger partial charge in [0.15, 0.2) is 0 Å². The molecule has 0 unspecified atom stereocenters. The molecule has 5 rings (SSSR count). The number of alkyl halides is 3. The molecule has 2 aliphatic rings. The number of pyridine rings is 1. The van der Waals surface area contributed by atoms with Crippen LogP contribution in [-0.2, 0) is 11.0 Å². The number of hydrogen-bond donors (Lipinski definition) is 1. The summed E-state index contributed by atoms with van der Waals surface area (Å²) in [6.45, 7) is -0.332. The standard InChI is InChI=1S/C27H22F5N3O4/c1-39-17-11-19(28)22(20(29)12-17)18-13-35(21-3-2-10-34(25(21)37)16-8-9-16)26(38)23(18)33-24(36)14-4-6-15(7-5-14)27(30,31)32/h2-7,10-12,16,18,23H,8-9,13H2,1H3,(H,33,36)/t18-,23-/m0/s1. The van der Waals surface area contributed by atoms with E-state index in [1.54, 1.807) is 12.3 Å². The van der Waals surface area contributed by atoms with Crippen LogP contribution in [0.5, 0.6) is 5.75 Å². The van der Waals surface area contributed by atoms with Gasteiger partial charge in [-0.25, -0.2) is 8.78 Å². The van der Waals surface area contributed by atoms with Crippen molar-refractivity contribution in [2.75, 3.05) is 18.6 Å². The van der Waals surface area contributed by atoms with Crippen LogP contribution < -0.4 is 20.5 Å². The molecule has 1 saturated carbocycles. The maximum atomic E-state index is 15.1. The van der Waals surface area contributed by atoms with E-state index in [1.165, 1.54) is 17.7 Å². The van der Waals surface area contributed by atoms with Crippen molar-refractivity contribution >= 4 is 17.5 Å². The van der Waals surface area contributed by atoms with Gasteiger partial charge in [0, 0.05) is 48.0 Å². The predicted molar refractivity (Wildman–Crippen MR) is 130 cm³/mol. The number of aromatic nitrogens is 1. The fourth-order valence-electron chi connectivity index (χ4n) is 4.78. The molecule has 1 aliphatic heterocycles. The Bertz CT molecular complexity index is 1480. The van der Waals surface area contributed by atoms with Crippen LogP contribution in [0.15, 0.2) is 59.5 Å². The van der Waals surface area contributed by atoms with Gasteiger partial charge in [-0.2, -0.15) is 13.2 Å². The SMILES string of the molecule is COc1cc(F)c([C@@H]2CN(c3cccn(C4CC4)c3=O)C(=O)[C@H]2NC(=O)c2ccc(C(F)(F)F)cc2)c(F)c1. The molecule has 12 heteroatoms. The van der Waals surface area contributed by atoms with E-state index in [1.807, 2.05) is 0 Å². The second kappa shape index (κ2) is 9.83. The lowest BCUT2D eigenvalue weighted by atomic mass is 9.92. The summed E-state index contributed by atoms with van der Waals surface area (Å²) in [5.41, 5.74) is -2.14. The smallest absolute Gasteiger partial charge is 0.416 e. The lowest BCUT2D eigenvalue weighted by Gasteiger charge is -2.20. The second-order valence-electron chi connectivity index (χ2n) is 9.42. The zero-order valence-corrected chi connectivity index (χ0v) is 20.5. The van der Waals surface area contributed by atoms with Crippen molar-refractivity contribution in [3.8, 4) is 5.75 Å². The van der Waals surface area contributed by atoms with E-state index in [-0.39, 0.29) is 29.6 Å². The van der Waals surface area contributed by atoms with Crippen LogP contribution in [-0.4, -0.2) is 36.1 Å². The zero-order chi connectivity index (χ0) is 28.1. The molecule has 204 valence electrons. The summed E-state index contributed by atoms with van der Waals surface area (Å²) in [5.74, 6) is -5.13. The van der Waals surface area contributed by atoms with Crippen LogP contribution >= 0.6 is 0 Å². The van der Waals surface area contributed by atoms with Crippen LogP contribution in [0.2, 0.25) is 0 Å². The first-order chi connectivity index (χ1) is 18.5. The highest BCUT2D eigenvalue weighted by Crippen LogP contribution is 2.37. The maximum Gasteiger partial charge on any atom is 0.416 e. The molecule has 1 aliphatic carbocycles. The number of rotatable bonds is 6. The van der Waals surface area contributed by atoms with Crippen LogP contribution in [0.3, 0.4) is 0 Å². The largest absolute Gasteiger partial charge is 0.497 e. The molecule has 1 N–H and O–H groups in total. The zero-order valence-electron chi connectivity index (χ0n) is 20.5. The molecule has 1 aromatic heterocycles. The first kappa shape index (κ1) is 26.4. The maximum absolute atomic E-state index is 15.1. The summed E-state index contributed by atoms with van der Waals surface area (Å²) in [7, 11) is 1.22. The van der Waals surface area contributed by atoms with Gasteiger partial charge in [-0.1, -0.05) is 0 Å². The highest BCUT2D eigenvalue weighted by atomic mass is 19.4. The quantitative estimate of drug-likeness (QED) is 0.464. The van der Waals surface area contributed by atoms with Crippen molar-refractivity contribution < 1.29 is 36.3 Å². The molecule has 0 bridgehead atoms. The molecule has 3 aromatic rings. The minimum absolute atomic E-state index is 0.00222. The number of carbonyl (C=O) groups is 2. The molecule has 0 spiro atoms. The van der Waals surface area contributed by atoms with E-state index in [4.69, 9.17) is 4.74 Å². The van der Waals surface area contributed by atoms with Gasteiger partial charge < -0.3 is 19.5 Å². The molecule has 2 heterocycles. The van der Waals surface area contributed by atoms with Crippen molar-refractivity contribution in [2.45, 2.75) is 37.0 Å². The topological polar surface area (TPSA) is 80.6 Å². The van der Waals surface area contributed by atoms with Crippen LogP contribution in [0.25, 0.3) is 0 Å². The van der Waals surface area contributed by atoms with Gasteiger partial charge in [-0.15, -0.1) is 0 Å². The molecule has 2 amide bonds. The molecule has 1 saturated heterocycles. The normalized spacial score (nSPS) is 19.3. The summed E-state index contributed by atoms with van der Waals surface area (Å²) in [6.07, 6.45) is -1.43. The van der Waals surface area contributed by atoms with E-state index < -0.39 is 58.3 Å². The number of methoxy groups -OCH3 is 1. The monoisotopic (exact) mass is 547 g/mol. The lowest BCUT2D eigenvalue weighted by Crippen LogP contribution is -2.44. The number of anilines is 1.